The molecule has 1 amide bonds. The lowest BCUT2D eigenvalue weighted by atomic mass is 9.96. The Bertz CT molecular complexity index is 469. The predicted octanol–water partition coefficient (Wildman–Crippen LogP) is 1.39. The molecule has 0 aromatic carbocycles. The first-order valence-electron chi connectivity index (χ1n) is 7.19. The summed E-state index contributed by atoms with van der Waals surface area (Å²) in [5, 5.41) is 3.21. The van der Waals surface area contributed by atoms with Crippen LogP contribution in [0.1, 0.15) is 36.9 Å². The molecule has 2 aliphatic rings. The average molecular weight is 260 g/mol. The molecule has 0 radical (unpaired) electrons. The van der Waals surface area contributed by atoms with Crippen LogP contribution in [0.5, 0.6) is 0 Å². The summed E-state index contributed by atoms with van der Waals surface area (Å²) in [6.07, 6.45) is 8.32. The largest absolute Gasteiger partial charge is 0.361 e. The molecule has 1 aliphatic carbocycles. The van der Waals surface area contributed by atoms with Gasteiger partial charge in [-0.15, -0.1) is 0 Å². The summed E-state index contributed by atoms with van der Waals surface area (Å²) in [5.74, 6) is 1.04. The molecule has 19 heavy (non-hydrogen) atoms. The van der Waals surface area contributed by atoms with Gasteiger partial charge in [-0.2, -0.15) is 0 Å². The summed E-state index contributed by atoms with van der Waals surface area (Å²) in [6, 6.07) is 0. The quantitative estimate of drug-likeness (QED) is 0.892. The minimum atomic E-state index is 0.181. The zero-order valence-corrected chi connectivity index (χ0v) is 11.2. The Morgan fingerprint density at radius 2 is 1.95 bits per heavy atom. The van der Waals surface area contributed by atoms with Gasteiger partial charge in [-0.1, -0.05) is 0 Å². The third-order valence-electron chi connectivity index (χ3n) is 3.99. The first-order valence-corrected chi connectivity index (χ1v) is 7.19. The van der Waals surface area contributed by atoms with Crippen molar-refractivity contribution >= 4 is 11.7 Å². The zero-order valence-electron chi connectivity index (χ0n) is 11.2. The summed E-state index contributed by atoms with van der Waals surface area (Å²) >= 11 is 0. The van der Waals surface area contributed by atoms with Crippen LogP contribution in [0.2, 0.25) is 0 Å². The van der Waals surface area contributed by atoms with E-state index >= 15 is 0 Å². The van der Waals surface area contributed by atoms with Gasteiger partial charge in [0.25, 0.3) is 0 Å². The van der Waals surface area contributed by atoms with Crippen LogP contribution < -0.4 is 5.32 Å². The van der Waals surface area contributed by atoms with E-state index in [1.54, 1.807) is 6.33 Å². The number of aromatic nitrogens is 2. The molecular formula is C14H20N4O. The smallest absolute Gasteiger partial charge is 0.241 e. The van der Waals surface area contributed by atoms with Crippen LogP contribution in [0.3, 0.4) is 0 Å². The Hall–Kier alpha value is -1.65. The Labute approximate surface area is 113 Å². The van der Waals surface area contributed by atoms with Gasteiger partial charge in [0.1, 0.15) is 12.1 Å². The summed E-state index contributed by atoms with van der Waals surface area (Å²) < 4.78 is 0. The maximum absolute atomic E-state index is 12.0. The Kier molecular flexibility index (Phi) is 3.62. The second-order valence-corrected chi connectivity index (χ2v) is 5.30. The molecule has 1 aromatic rings. The molecule has 1 N–H and O–H groups in total. The molecule has 0 atom stereocenters. The van der Waals surface area contributed by atoms with Crippen molar-refractivity contribution in [1.29, 1.82) is 0 Å². The van der Waals surface area contributed by atoms with Gasteiger partial charge in [0, 0.05) is 24.3 Å². The molecule has 0 spiro atoms. The van der Waals surface area contributed by atoms with Crippen molar-refractivity contribution in [2.24, 2.45) is 0 Å². The number of nitrogens with one attached hydrogen (secondary N) is 1. The lowest BCUT2D eigenvalue weighted by molar-refractivity contribution is -0.128. The zero-order chi connectivity index (χ0) is 13.1. The third kappa shape index (κ3) is 2.69. The van der Waals surface area contributed by atoms with Crippen molar-refractivity contribution in [2.45, 2.75) is 38.5 Å². The number of carbonyl (C=O) groups excluding carboxylic acids is 1. The fourth-order valence-corrected chi connectivity index (χ4v) is 2.91. The highest BCUT2D eigenvalue weighted by molar-refractivity contribution is 5.81. The summed E-state index contributed by atoms with van der Waals surface area (Å²) in [7, 11) is 0. The molecule has 0 unspecified atom stereocenters. The van der Waals surface area contributed by atoms with E-state index in [2.05, 4.69) is 15.3 Å². The van der Waals surface area contributed by atoms with Crippen LogP contribution in [-0.4, -0.2) is 40.4 Å². The molecule has 5 heteroatoms. The lowest BCUT2D eigenvalue weighted by Gasteiger charge is -2.19. The van der Waals surface area contributed by atoms with Crippen molar-refractivity contribution in [2.75, 3.05) is 25.0 Å². The highest BCUT2D eigenvalue weighted by Gasteiger charge is 2.19. The molecule has 1 aromatic heterocycles. The maximum Gasteiger partial charge on any atom is 0.241 e. The highest BCUT2D eigenvalue weighted by Crippen LogP contribution is 2.24. The van der Waals surface area contributed by atoms with Gasteiger partial charge >= 0.3 is 0 Å². The predicted molar refractivity (Wildman–Crippen MR) is 73.0 cm³/mol. The van der Waals surface area contributed by atoms with Crippen LogP contribution in [0, 0.1) is 0 Å². The molecule has 3 rings (SSSR count). The number of aryl methyl sites for hydroxylation is 1. The van der Waals surface area contributed by atoms with Crippen LogP contribution in [0.15, 0.2) is 6.33 Å². The first kappa shape index (κ1) is 12.4. The molecule has 1 saturated heterocycles. The second kappa shape index (κ2) is 5.55. The number of hydrogen-bond donors (Lipinski definition) is 1. The minimum absolute atomic E-state index is 0.181. The number of likely N-dealkylation sites (tertiary alicyclic amines) is 1. The van der Waals surface area contributed by atoms with Crippen molar-refractivity contribution in [1.82, 2.24) is 14.9 Å². The molecular weight excluding hydrogens is 240 g/mol. The average Bonchev–Trinajstić information content (AvgIpc) is 2.99. The molecule has 1 aliphatic heterocycles. The van der Waals surface area contributed by atoms with Crippen molar-refractivity contribution in [3.63, 3.8) is 0 Å². The third-order valence-corrected chi connectivity index (χ3v) is 3.99. The number of nitrogens with zero attached hydrogens (tertiary/aromatic N) is 3. The van der Waals surface area contributed by atoms with Crippen LogP contribution >= 0.6 is 0 Å². The lowest BCUT2D eigenvalue weighted by Crippen LogP contribution is -2.33. The standard InChI is InChI=1S/C14H20N4O/c19-13(18-7-3-4-8-18)9-15-14-11-5-1-2-6-12(11)16-10-17-14/h10H,1-9H2,(H,15,16,17). The number of amides is 1. The normalized spacial score (nSPS) is 18.2. The van der Waals surface area contributed by atoms with Crippen LogP contribution in [0.25, 0.3) is 0 Å². The Morgan fingerprint density at radius 3 is 2.79 bits per heavy atom. The fourth-order valence-electron chi connectivity index (χ4n) is 2.91. The second-order valence-electron chi connectivity index (χ2n) is 5.30. The van der Waals surface area contributed by atoms with E-state index in [9.17, 15) is 4.79 Å². The number of hydrogen-bond acceptors (Lipinski definition) is 4. The number of carbonyl (C=O) groups is 1. The topological polar surface area (TPSA) is 58.1 Å². The SMILES string of the molecule is O=C(CNc1ncnc2c1CCCC2)N1CCCC1. The molecule has 0 bridgehead atoms. The van der Waals surface area contributed by atoms with Crippen molar-refractivity contribution in [3.8, 4) is 0 Å². The number of fused-ring (bicyclic) bond motifs is 1. The summed E-state index contributed by atoms with van der Waals surface area (Å²) in [4.78, 5) is 22.6. The van der Waals surface area contributed by atoms with Gasteiger partial charge in [-0.3, -0.25) is 4.79 Å². The van der Waals surface area contributed by atoms with E-state index in [1.807, 2.05) is 4.90 Å². The number of anilines is 1. The minimum Gasteiger partial charge on any atom is -0.361 e. The maximum atomic E-state index is 12.0. The highest BCUT2D eigenvalue weighted by atomic mass is 16.2. The van der Waals surface area contributed by atoms with Gasteiger partial charge < -0.3 is 10.2 Å². The molecule has 5 nitrogen and oxygen atoms in total. The van der Waals surface area contributed by atoms with E-state index in [1.165, 1.54) is 18.4 Å². The van der Waals surface area contributed by atoms with Crippen molar-refractivity contribution in [3.05, 3.63) is 17.6 Å². The molecule has 2 heterocycles. The summed E-state index contributed by atoms with van der Waals surface area (Å²) in [5.41, 5.74) is 2.36. The van der Waals surface area contributed by atoms with Gasteiger partial charge in [0.05, 0.1) is 6.54 Å². The van der Waals surface area contributed by atoms with E-state index in [4.69, 9.17) is 0 Å². The first-order chi connectivity index (χ1) is 9.34. The Balaban J connectivity index is 1.65. The molecule has 0 saturated carbocycles. The van der Waals surface area contributed by atoms with Crippen molar-refractivity contribution < 1.29 is 4.79 Å². The van der Waals surface area contributed by atoms with E-state index in [0.717, 1.165) is 50.3 Å². The van der Waals surface area contributed by atoms with E-state index in [-0.39, 0.29) is 5.91 Å². The van der Waals surface area contributed by atoms with Gasteiger partial charge in [-0.25, -0.2) is 9.97 Å². The van der Waals surface area contributed by atoms with Gasteiger partial charge in [0.2, 0.25) is 5.91 Å². The van der Waals surface area contributed by atoms with Crippen LogP contribution in [-0.2, 0) is 17.6 Å². The molecule has 102 valence electrons. The fraction of sp³-hybridized carbons (Fsp3) is 0.643. The van der Waals surface area contributed by atoms with E-state index in [0.29, 0.717) is 6.54 Å². The summed E-state index contributed by atoms with van der Waals surface area (Å²) in [6.45, 7) is 2.16. The number of rotatable bonds is 3. The van der Waals surface area contributed by atoms with Gasteiger partial charge in [-0.05, 0) is 38.5 Å². The van der Waals surface area contributed by atoms with E-state index < -0.39 is 0 Å². The van der Waals surface area contributed by atoms with Crippen LogP contribution in [0.4, 0.5) is 5.82 Å². The Morgan fingerprint density at radius 1 is 1.16 bits per heavy atom. The van der Waals surface area contributed by atoms with Gasteiger partial charge in [0.15, 0.2) is 0 Å². The monoisotopic (exact) mass is 260 g/mol. The molecule has 1 fully saturated rings.